The molecule has 5 nitrogen and oxygen atoms in total. The van der Waals surface area contributed by atoms with Crippen LogP contribution in [0.25, 0.3) is 0 Å². The molecule has 118 valence electrons. The molecule has 0 saturated heterocycles. The molecule has 0 bridgehead atoms. The highest BCUT2D eigenvalue weighted by Crippen LogP contribution is 2.25. The van der Waals surface area contributed by atoms with Gasteiger partial charge in [0.2, 0.25) is 11.8 Å². The van der Waals surface area contributed by atoms with E-state index in [1.807, 2.05) is 37.3 Å². The molecule has 0 atom stereocenters. The maximum Gasteiger partial charge on any atom is 0.228 e. The molecule has 3 rings (SSSR count). The maximum absolute atomic E-state index is 12.1. The number of amides is 2. The topological polar surface area (TPSA) is 71.1 Å². The Morgan fingerprint density at radius 3 is 2.91 bits per heavy atom. The van der Waals surface area contributed by atoms with Crippen LogP contribution in [0.3, 0.4) is 0 Å². The van der Waals surface area contributed by atoms with Gasteiger partial charge in [0.05, 0.1) is 6.42 Å². The molecule has 0 saturated carbocycles. The standard InChI is InChI=1S/C18H19N3O2/c1-12-5-6-13(11-19-12)9-18(23)20-15-7-8-16-14(10-15)3-2-4-17(22)21-16/h5-8,10-11H,2-4,9H2,1H3,(H,20,23)(H,21,22). The number of hydrogen-bond donors (Lipinski definition) is 2. The molecular formula is C18H19N3O2. The lowest BCUT2D eigenvalue weighted by Gasteiger charge is -2.10. The van der Waals surface area contributed by atoms with Crippen molar-refractivity contribution in [2.45, 2.75) is 32.6 Å². The zero-order chi connectivity index (χ0) is 16.2. The van der Waals surface area contributed by atoms with Crippen molar-refractivity contribution in [2.75, 3.05) is 10.6 Å². The van der Waals surface area contributed by atoms with Crippen molar-refractivity contribution in [3.8, 4) is 0 Å². The lowest BCUT2D eigenvalue weighted by atomic mass is 10.1. The second-order valence-corrected chi connectivity index (χ2v) is 5.81. The Bertz CT molecular complexity index is 738. The first-order chi connectivity index (χ1) is 11.1. The lowest BCUT2D eigenvalue weighted by molar-refractivity contribution is -0.116. The van der Waals surface area contributed by atoms with Crippen molar-refractivity contribution < 1.29 is 9.59 Å². The van der Waals surface area contributed by atoms with Crippen molar-refractivity contribution in [3.05, 3.63) is 53.3 Å². The van der Waals surface area contributed by atoms with E-state index in [1.165, 1.54) is 0 Å². The summed E-state index contributed by atoms with van der Waals surface area (Å²) < 4.78 is 0. The molecule has 1 aliphatic rings. The fraction of sp³-hybridized carbons (Fsp3) is 0.278. The van der Waals surface area contributed by atoms with Gasteiger partial charge in [0.1, 0.15) is 0 Å². The van der Waals surface area contributed by atoms with Crippen LogP contribution in [0, 0.1) is 6.92 Å². The first-order valence-electron chi connectivity index (χ1n) is 7.74. The second-order valence-electron chi connectivity index (χ2n) is 5.81. The van der Waals surface area contributed by atoms with Gasteiger partial charge in [-0.25, -0.2) is 0 Å². The van der Waals surface area contributed by atoms with E-state index in [9.17, 15) is 9.59 Å². The van der Waals surface area contributed by atoms with Crippen LogP contribution in [0.5, 0.6) is 0 Å². The van der Waals surface area contributed by atoms with Crippen molar-refractivity contribution in [2.24, 2.45) is 0 Å². The summed E-state index contributed by atoms with van der Waals surface area (Å²) in [5.41, 5.74) is 4.47. The quantitative estimate of drug-likeness (QED) is 0.916. The SMILES string of the molecule is Cc1ccc(CC(=O)Nc2ccc3c(c2)CCCC(=O)N3)cn1. The first kappa shape index (κ1) is 15.2. The predicted molar refractivity (Wildman–Crippen MR) is 89.3 cm³/mol. The van der Waals surface area contributed by atoms with E-state index in [0.717, 1.165) is 41.0 Å². The third kappa shape index (κ3) is 3.94. The van der Waals surface area contributed by atoms with Gasteiger partial charge in [-0.05, 0) is 55.2 Å². The van der Waals surface area contributed by atoms with Crippen molar-refractivity contribution in [1.29, 1.82) is 0 Å². The smallest absolute Gasteiger partial charge is 0.228 e. The zero-order valence-electron chi connectivity index (χ0n) is 13.1. The molecule has 0 radical (unpaired) electrons. The number of aromatic nitrogens is 1. The van der Waals surface area contributed by atoms with Gasteiger partial charge in [-0.15, -0.1) is 0 Å². The minimum absolute atomic E-state index is 0.0485. The molecule has 0 spiro atoms. The third-order valence-electron chi connectivity index (χ3n) is 3.85. The molecule has 2 N–H and O–H groups in total. The van der Waals surface area contributed by atoms with Gasteiger partial charge in [-0.3, -0.25) is 14.6 Å². The fourth-order valence-corrected chi connectivity index (χ4v) is 2.65. The minimum atomic E-state index is -0.0757. The summed E-state index contributed by atoms with van der Waals surface area (Å²) in [4.78, 5) is 27.9. The Kier molecular flexibility index (Phi) is 4.37. The molecule has 1 aromatic carbocycles. The molecule has 0 aliphatic carbocycles. The van der Waals surface area contributed by atoms with E-state index in [-0.39, 0.29) is 11.8 Å². The van der Waals surface area contributed by atoms with Crippen molar-refractivity contribution in [1.82, 2.24) is 4.98 Å². The number of fused-ring (bicyclic) bond motifs is 1. The maximum atomic E-state index is 12.1. The molecule has 5 heteroatoms. The van der Waals surface area contributed by atoms with Crippen LogP contribution in [0.1, 0.15) is 29.7 Å². The van der Waals surface area contributed by atoms with E-state index >= 15 is 0 Å². The molecular weight excluding hydrogens is 290 g/mol. The summed E-state index contributed by atoms with van der Waals surface area (Å²) >= 11 is 0. The predicted octanol–water partition coefficient (Wildman–Crippen LogP) is 2.85. The van der Waals surface area contributed by atoms with E-state index in [0.29, 0.717) is 12.8 Å². The minimum Gasteiger partial charge on any atom is -0.326 e. The molecule has 2 aromatic rings. The normalized spacial score (nSPS) is 13.7. The van der Waals surface area contributed by atoms with Gasteiger partial charge in [0.15, 0.2) is 0 Å². The lowest BCUT2D eigenvalue weighted by Crippen LogP contribution is -2.15. The number of aryl methyl sites for hydroxylation is 2. The summed E-state index contributed by atoms with van der Waals surface area (Å²) in [6.07, 6.45) is 4.21. The van der Waals surface area contributed by atoms with Gasteiger partial charge in [-0.2, -0.15) is 0 Å². The Morgan fingerprint density at radius 2 is 2.13 bits per heavy atom. The Labute approximate surface area is 135 Å². The second kappa shape index (κ2) is 6.60. The van der Waals surface area contributed by atoms with E-state index in [1.54, 1.807) is 6.20 Å². The van der Waals surface area contributed by atoms with Crippen LogP contribution in [0.4, 0.5) is 11.4 Å². The monoisotopic (exact) mass is 309 g/mol. The number of benzene rings is 1. The number of hydrogen-bond acceptors (Lipinski definition) is 3. The van der Waals surface area contributed by atoms with Gasteiger partial charge >= 0.3 is 0 Å². The van der Waals surface area contributed by atoms with Crippen LogP contribution in [0.15, 0.2) is 36.5 Å². The summed E-state index contributed by atoms with van der Waals surface area (Å²) in [6, 6.07) is 9.41. The van der Waals surface area contributed by atoms with E-state index in [2.05, 4.69) is 15.6 Å². The number of carbonyl (C=O) groups excluding carboxylic acids is 2. The van der Waals surface area contributed by atoms with Crippen LogP contribution in [-0.4, -0.2) is 16.8 Å². The molecule has 2 heterocycles. The highest BCUT2D eigenvalue weighted by atomic mass is 16.2. The van der Waals surface area contributed by atoms with Gasteiger partial charge in [-0.1, -0.05) is 6.07 Å². The van der Waals surface area contributed by atoms with E-state index in [4.69, 9.17) is 0 Å². The summed E-state index contributed by atoms with van der Waals surface area (Å²) in [6.45, 7) is 1.91. The van der Waals surface area contributed by atoms with Crippen LogP contribution in [0.2, 0.25) is 0 Å². The molecule has 1 aliphatic heterocycles. The number of nitrogens with one attached hydrogen (secondary N) is 2. The van der Waals surface area contributed by atoms with Crippen molar-refractivity contribution in [3.63, 3.8) is 0 Å². The van der Waals surface area contributed by atoms with Crippen molar-refractivity contribution >= 4 is 23.2 Å². The van der Waals surface area contributed by atoms with Crippen LogP contribution in [-0.2, 0) is 22.4 Å². The number of carbonyl (C=O) groups is 2. The molecule has 2 amide bonds. The number of rotatable bonds is 3. The fourth-order valence-electron chi connectivity index (χ4n) is 2.65. The van der Waals surface area contributed by atoms with Gasteiger partial charge in [0.25, 0.3) is 0 Å². The van der Waals surface area contributed by atoms with Gasteiger partial charge in [0, 0.05) is 29.7 Å². The Balaban J connectivity index is 1.68. The molecule has 0 fully saturated rings. The summed E-state index contributed by atoms with van der Waals surface area (Å²) in [7, 11) is 0. The van der Waals surface area contributed by atoms with Gasteiger partial charge < -0.3 is 10.6 Å². The van der Waals surface area contributed by atoms with Crippen LogP contribution >= 0.6 is 0 Å². The average molecular weight is 309 g/mol. The molecule has 23 heavy (non-hydrogen) atoms. The number of anilines is 2. The highest BCUT2D eigenvalue weighted by molar-refractivity contribution is 5.95. The average Bonchev–Trinajstić information content (AvgIpc) is 2.70. The third-order valence-corrected chi connectivity index (χ3v) is 3.85. The summed E-state index contributed by atoms with van der Waals surface area (Å²) in [5, 5.41) is 5.80. The Morgan fingerprint density at radius 1 is 1.26 bits per heavy atom. The first-order valence-corrected chi connectivity index (χ1v) is 7.74. The van der Waals surface area contributed by atoms with Crippen LogP contribution < -0.4 is 10.6 Å². The summed E-state index contributed by atoms with van der Waals surface area (Å²) in [5.74, 6) is -0.0272. The van der Waals surface area contributed by atoms with E-state index < -0.39 is 0 Å². The number of nitrogens with zero attached hydrogens (tertiary/aromatic N) is 1. The molecule has 0 unspecified atom stereocenters. The molecule has 1 aromatic heterocycles. The number of pyridine rings is 1. The highest BCUT2D eigenvalue weighted by Gasteiger charge is 2.13. The zero-order valence-corrected chi connectivity index (χ0v) is 13.1. The Hall–Kier alpha value is -2.69. The largest absolute Gasteiger partial charge is 0.326 e.